The summed E-state index contributed by atoms with van der Waals surface area (Å²) in [7, 11) is 1.33. The summed E-state index contributed by atoms with van der Waals surface area (Å²) in [6, 6.07) is 0. The summed E-state index contributed by atoms with van der Waals surface area (Å²) in [6.07, 6.45) is 0. The molecule has 0 fully saturated rings. The lowest BCUT2D eigenvalue weighted by Crippen LogP contribution is -2.29. The highest BCUT2D eigenvalue weighted by Gasteiger charge is 2.30. The maximum atomic E-state index is 11.2. The number of esters is 1. The zero-order chi connectivity index (χ0) is 11.4. The van der Waals surface area contributed by atoms with E-state index in [1.54, 1.807) is 20.8 Å². The van der Waals surface area contributed by atoms with Crippen LogP contribution in [0, 0.1) is 5.41 Å². The van der Waals surface area contributed by atoms with Crippen molar-refractivity contribution in [2.24, 2.45) is 5.41 Å². The molecule has 0 aromatic carbocycles. The van der Waals surface area contributed by atoms with Crippen LogP contribution in [-0.2, 0) is 14.3 Å². The molecule has 1 N–H and O–H groups in total. The number of ether oxygens (including phenoxy) is 1. The predicted molar refractivity (Wildman–Crippen MR) is 55.4 cm³/mol. The molecular formula is C9H16O4S. The van der Waals surface area contributed by atoms with Crippen LogP contribution in [0.3, 0.4) is 0 Å². The van der Waals surface area contributed by atoms with Gasteiger partial charge in [-0.15, -0.1) is 11.8 Å². The zero-order valence-corrected chi connectivity index (χ0v) is 9.68. The highest BCUT2D eigenvalue weighted by Crippen LogP contribution is 2.25. The van der Waals surface area contributed by atoms with Crippen LogP contribution >= 0.6 is 11.8 Å². The van der Waals surface area contributed by atoms with Gasteiger partial charge in [0.15, 0.2) is 0 Å². The summed E-state index contributed by atoms with van der Waals surface area (Å²) >= 11 is 1.23. The molecule has 1 unspecified atom stereocenters. The molecule has 0 aliphatic rings. The second kappa shape index (κ2) is 5.24. The summed E-state index contributed by atoms with van der Waals surface area (Å²) in [4.78, 5) is 21.8. The molecule has 0 aliphatic heterocycles. The van der Waals surface area contributed by atoms with Gasteiger partial charge >= 0.3 is 11.9 Å². The van der Waals surface area contributed by atoms with Crippen LogP contribution in [-0.4, -0.2) is 35.2 Å². The third-order valence-corrected chi connectivity index (χ3v) is 3.37. The van der Waals surface area contributed by atoms with Gasteiger partial charge in [-0.2, -0.15) is 0 Å². The molecule has 0 rings (SSSR count). The van der Waals surface area contributed by atoms with Crippen LogP contribution in [0.4, 0.5) is 0 Å². The van der Waals surface area contributed by atoms with Gasteiger partial charge in [-0.05, 0) is 20.8 Å². The molecule has 0 aromatic heterocycles. The smallest absolute Gasteiger partial charge is 0.316 e. The van der Waals surface area contributed by atoms with Crippen molar-refractivity contribution in [3.8, 4) is 0 Å². The van der Waals surface area contributed by atoms with Crippen LogP contribution in [0.15, 0.2) is 0 Å². The molecule has 0 saturated heterocycles. The molecular weight excluding hydrogens is 204 g/mol. The van der Waals surface area contributed by atoms with Crippen LogP contribution in [0.1, 0.15) is 20.8 Å². The van der Waals surface area contributed by atoms with E-state index in [0.717, 1.165) is 0 Å². The largest absolute Gasteiger partial charge is 0.480 e. The van der Waals surface area contributed by atoms with E-state index in [1.165, 1.54) is 18.9 Å². The second-order valence-corrected chi connectivity index (χ2v) is 5.00. The summed E-state index contributed by atoms with van der Waals surface area (Å²) in [5, 5.41) is 8.14. The zero-order valence-electron chi connectivity index (χ0n) is 8.86. The van der Waals surface area contributed by atoms with E-state index in [4.69, 9.17) is 5.11 Å². The number of methoxy groups -OCH3 is 1. The quantitative estimate of drug-likeness (QED) is 0.709. The second-order valence-electron chi connectivity index (χ2n) is 3.67. The van der Waals surface area contributed by atoms with Crippen LogP contribution in [0.5, 0.6) is 0 Å². The topological polar surface area (TPSA) is 63.6 Å². The minimum absolute atomic E-state index is 0.317. The van der Waals surface area contributed by atoms with Crippen molar-refractivity contribution in [1.82, 2.24) is 0 Å². The first-order valence-corrected chi connectivity index (χ1v) is 5.29. The van der Waals surface area contributed by atoms with Crippen molar-refractivity contribution in [2.75, 3.05) is 12.9 Å². The molecule has 0 bridgehead atoms. The SMILES string of the molecule is COC(=O)C(C)(C)CSC(C)C(=O)O. The Kier molecular flexibility index (Phi) is 4.97. The monoisotopic (exact) mass is 220 g/mol. The van der Waals surface area contributed by atoms with Gasteiger partial charge in [-0.25, -0.2) is 0 Å². The van der Waals surface area contributed by atoms with Gasteiger partial charge in [0.1, 0.15) is 0 Å². The molecule has 0 aliphatic carbocycles. The fraction of sp³-hybridized carbons (Fsp3) is 0.778. The lowest BCUT2D eigenvalue weighted by atomic mass is 9.97. The van der Waals surface area contributed by atoms with E-state index in [0.29, 0.717) is 5.75 Å². The van der Waals surface area contributed by atoms with Gasteiger partial charge in [0.05, 0.1) is 17.8 Å². The fourth-order valence-electron chi connectivity index (χ4n) is 0.740. The van der Waals surface area contributed by atoms with E-state index in [1.807, 2.05) is 0 Å². The van der Waals surface area contributed by atoms with E-state index in [-0.39, 0.29) is 5.97 Å². The van der Waals surface area contributed by atoms with Crippen molar-refractivity contribution in [3.05, 3.63) is 0 Å². The number of hydrogen-bond acceptors (Lipinski definition) is 4. The number of hydrogen-bond donors (Lipinski definition) is 1. The molecule has 0 aromatic rings. The number of thioether (sulfide) groups is 1. The van der Waals surface area contributed by atoms with Gasteiger partial charge < -0.3 is 9.84 Å². The molecule has 0 saturated carbocycles. The summed E-state index contributed by atoms with van der Waals surface area (Å²) in [5.41, 5.74) is -0.636. The number of carbonyl (C=O) groups is 2. The standard InChI is InChI=1S/C9H16O4S/c1-6(7(10)11)14-5-9(2,3)8(12)13-4/h6H,5H2,1-4H3,(H,10,11). The Balaban J connectivity index is 4.11. The van der Waals surface area contributed by atoms with Gasteiger partial charge in [-0.3, -0.25) is 9.59 Å². The highest BCUT2D eigenvalue weighted by atomic mass is 32.2. The number of carboxylic acids is 1. The Labute approximate surface area is 88.0 Å². The minimum Gasteiger partial charge on any atom is -0.480 e. The Morgan fingerprint density at radius 1 is 1.50 bits per heavy atom. The lowest BCUT2D eigenvalue weighted by Gasteiger charge is -2.21. The van der Waals surface area contributed by atoms with Crippen molar-refractivity contribution in [1.29, 1.82) is 0 Å². The molecule has 5 heteroatoms. The van der Waals surface area contributed by atoms with Crippen molar-refractivity contribution in [2.45, 2.75) is 26.0 Å². The lowest BCUT2D eigenvalue weighted by molar-refractivity contribution is -0.149. The normalized spacial score (nSPS) is 13.4. The Morgan fingerprint density at radius 3 is 2.36 bits per heavy atom. The van der Waals surface area contributed by atoms with E-state index in [2.05, 4.69) is 4.74 Å². The molecule has 0 spiro atoms. The average Bonchev–Trinajstić information content (AvgIpc) is 2.12. The maximum Gasteiger partial charge on any atom is 0.316 e. The highest BCUT2D eigenvalue weighted by molar-refractivity contribution is 8.00. The average molecular weight is 220 g/mol. The van der Waals surface area contributed by atoms with Crippen molar-refractivity contribution < 1.29 is 19.4 Å². The van der Waals surface area contributed by atoms with Crippen LogP contribution in [0.2, 0.25) is 0 Å². The van der Waals surface area contributed by atoms with Gasteiger partial charge in [0.2, 0.25) is 0 Å². The van der Waals surface area contributed by atoms with E-state index < -0.39 is 16.6 Å². The Bertz CT molecular complexity index is 225. The Hall–Kier alpha value is -0.710. The summed E-state index contributed by atoms with van der Waals surface area (Å²) in [6.45, 7) is 5.07. The molecule has 14 heavy (non-hydrogen) atoms. The molecule has 0 heterocycles. The van der Waals surface area contributed by atoms with Gasteiger partial charge in [0.25, 0.3) is 0 Å². The molecule has 0 amide bonds. The number of aliphatic carboxylic acids is 1. The molecule has 1 atom stereocenters. The molecule has 82 valence electrons. The van der Waals surface area contributed by atoms with Gasteiger partial charge in [-0.1, -0.05) is 0 Å². The van der Waals surface area contributed by atoms with Crippen LogP contribution in [0.25, 0.3) is 0 Å². The fourth-order valence-corrected chi connectivity index (χ4v) is 1.67. The molecule has 0 radical (unpaired) electrons. The van der Waals surface area contributed by atoms with Crippen molar-refractivity contribution in [3.63, 3.8) is 0 Å². The first kappa shape index (κ1) is 13.3. The summed E-state index contributed by atoms with van der Waals surface area (Å²) < 4.78 is 4.61. The van der Waals surface area contributed by atoms with Gasteiger partial charge in [0, 0.05) is 5.75 Å². The Morgan fingerprint density at radius 2 is 2.00 bits per heavy atom. The molecule has 4 nitrogen and oxygen atoms in total. The third-order valence-electron chi connectivity index (χ3n) is 1.78. The first-order valence-electron chi connectivity index (χ1n) is 4.24. The first-order chi connectivity index (χ1) is 6.31. The van der Waals surface area contributed by atoms with Crippen LogP contribution < -0.4 is 0 Å². The van der Waals surface area contributed by atoms with E-state index >= 15 is 0 Å². The summed E-state index contributed by atoms with van der Waals surface area (Å²) in [5.74, 6) is -0.745. The number of rotatable bonds is 5. The maximum absolute atomic E-state index is 11.2. The van der Waals surface area contributed by atoms with Crippen molar-refractivity contribution >= 4 is 23.7 Å². The number of carboxylic acid groups (broad SMARTS) is 1. The third kappa shape index (κ3) is 4.00. The van der Waals surface area contributed by atoms with E-state index in [9.17, 15) is 9.59 Å². The number of carbonyl (C=O) groups excluding carboxylic acids is 1. The predicted octanol–water partition coefficient (Wildman–Crippen LogP) is 1.39. The minimum atomic E-state index is -0.865.